The number of rotatable bonds is 6. The van der Waals surface area contributed by atoms with Crippen LogP contribution in [0.4, 0.5) is 13.2 Å². The van der Waals surface area contributed by atoms with Gasteiger partial charge in [-0.15, -0.1) is 0 Å². The van der Waals surface area contributed by atoms with Gasteiger partial charge in [-0.1, -0.05) is 36.4 Å². The predicted octanol–water partition coefficient (Wildman–Crippen LogP) is 4.54. The van der Waals surface area contributed by atoms with E-state index in [9.17, 15) is 22.8 Å². The molecule has 0 aliphatic carbocycles. The Bertz CT molecular complexity index is 1340. The highest BCUT2D eigenvalue weighted by Crippen LogP contribution is 2.43. The summed E-state index contributed by atoms with van der Waals surface area (Å²) >= 11 is 0. The molecule has 1 fully saturated rings. The molecule has 3 aromatic carbocycles. The van der Waals surface area contributed by atoms with E-state index in [1.165, 1.54) is 13.2 Å². The van der Waals surface area contributed by atoms with Gasteiger partial charge in [0.25, 0.3) is 0 Å². The number of ether oxygens (including phenoxy) is 3. The summed E-state index contributed by atoms with van der Waals surface area (Å²) in [5.74, 6) is -2.87. The highest BCUT2D eigenvalue weighted by Gasteiger charge is 2.50. The van der Waals surface area contributed by atoms with Crippen LogP contribution in [0.2, 0.25) is 0 Å². The monoisotopic (exact) mass is 528 g/mol. The first-order chi connectivity index (χ1) is 18.2. The number of hydrogen-bond donors (Lipinski definition) is 1. The second kappa shape index (κ2) is 10.6. The van der Waals surface area contributed by atoms with E-state index < -0.39 is 30.3 Å². The standard InChI is InChI=1S/C28H27F3N2O5/c1-36-21-8-9-23-22(15-21)24(25(26(34)37-23)38-27(35)28(29,30)31)33(20-10-12-32-13-11-20)16-17-6-7-18-4-2-3-5-19(18)14-17/h2-9,14-15,20,24-25,32H,10-13,16H2,1H3. The fraction of sp³-hybridized carbons (Fsp3) is 0.357. The van der Waals surface area contributed by atoms with E-state index in [0.717, 1.165) is 16.3 Å². The molecular formula is C28H27F3N2O5. The number of benzene rings is 3. The van der Waals surface area contributed by atoms with E-state index in [1.807, 2.05) is 47.4 Å². The Morgan fingerprint density at radius 3 is 2.50 bits per heavy atom. The molecule has 0 aromatic heterocycles. The number of alkyl halides is 3. The normalized spacial score (nSPS) is 20.2. The summed E-state index contributed by atoms with van der Waals surface area (Å²) in [6.07, 6.45) is -5.70. The van der Waals surface area contributed by atoms with Crippen molar-refractivity contribution in [3.05, 3.63) is 71.8 Å². The topological polar surface area (TPSA) is 77.1 Å². The lowest BCUT2D eigenvalue weighted by molar-refractivity contribution is -0.211. The van der Waals surface area contributed by atoms with E-state index in [-0.39, 0.29) is 11.8 Å². The summed E-state index contributed by atoms with van der Waals surface area (Å²) in [5.41, 5.74) is 1.33. The van der Waals surface area contributed by atoms with Crippen molar-refractivity contribution in [2.24, 2.45) is 0 Å². The molecule has 2 heterocycles. The van der Waals surface area contributed by atoms with Gasteiger partial charge in [0, 0.05) is 18.2 Å². The van der Waals surface area contributed by atoms with Crippen LogP contribution < -0.4 is 14.8 Å². The van der Waals surface area contributed by atoms with Crippen molar-refractivity contribution in [1.82, 2.24) is 10.2 Å². The van der Waals surface area contributed by atoms with Crippen LogP contribution in [-0.4, -0.2) is 55.4 Å². The van der Waals surface area contributed by atoms with E-state index in [4.69, 9.17) is 14.2 Å². The first kappa shape index (κ1) is 26.0. The molecule has 3 aromatic rings. The summed E-state index contributed by atoms with van der Waals surface area (Å²) in [6.45, 7) is 1.71. The van der Waals surface area contributed by atoms with Gasteiger partial charge in [0.2, 0.25) is 6.10 Å². The quantitative estimate of drug-likeness (QED) is 0.372. The van der Waals surface area contributed by atoms with Gasteiger partial charge < -0.3 is 19.5 Å². The van der Waals surface area contributed by atoms with Crippen molar-refractivity contribution in [2.75, 3.05) is 20.2 Å². The van der Waals surface area contributed by atoms with E-state index >= 15 is 0 Å². The van der Waals surface area contributed by atoms with E-state index in [1.54, 1.807) is 12.1 Å². The van der Waals surface area contributed by atoms with E-state index in [2.05, 4.69) is 5.32 Å². The fourth-order valence-corrected chi connectivity index (χ4v) is 5.22. The first-order valence-electron chi connectivity index (χ1n) is 12.4. The van der Waals surface area contributed by atoms with Gasteiger partial charge in [-0.3, -0.25) is 4.90 Å². The molecule has 38 heavy (non-hydrogen) atoms. The van der Waals surface area contributed by atoms with Gasteiger partial charge in [0.15, 0.2) is 0 Å². The third-order valence-electron chi connectivity index (χ3n) is 7.04. The molecule has 10 heteroatoms. The van der Waals surface area contributed by atoms with Crippen molar-refractivity contribution >= 4 is 22.7 Å². The van der Waals surface area contributed by atoms with Gasteiger partial charge in [-0.05, 0) is 66.5 Å². The molecule has 2 atom stereocenters. The molecule has 5 rings (SSSR count). The third kappa shape index (κ3) is 5.32. The lowest BCUT2D eigenvalue weighted by Crippen LogP contribution is -2.53. The number of fused-ring (bicyclic) bond motifs is 2. The highest BCUT2D eigenvalue weighted by atomic mass is 19.4. The molecule has 2 aliphatic heterocycles. The molecule has 0 saturated carbocycles. The number of carbonyl (C=O) groups is 2. The Morgan fingerprint density at radius 1 is 1.05 bits per heavy atom. The average Bonchev–Trinajstić information content (AvgIpc) is 2.92. The minimum atomic E-state index is -5.27. The minimum absolute atomic E-state index is 0.107. The van der Waals surface area contributed by atoms with Crippen molar-refractivity contribution < 1.29 is 37.0 Å². The molecule has 0 spiro atoms. The zero-order chi connectivity index (χ0) is 26.9. The van der Waals surface area contributed by atoms with Crippen LogP contribution in [0.3, 0.4) is 0 Å². The Kier molecular flexibility index (Phi) is 7.27. The summed E-state index contributed by atoms with van der Waals surface area (Å²) in [6, 6.07) is 17.5. The van der Waals surface area contributed by atoms with Crippen LogP contribution >= 0.6 is 0 Å². The number of halogens is 3. The second-order valence-electron chi connectivity index (χ2n) is 9.43. The Balaban J connectivity index is 1.62. The Labute approximate surface area is 217 Å². The maximum atomic E-state index is 13.3. The van der Waals surface area contributed by atoms with Gasteiger partial charge in [-0.2, -0.15) is 13.2 Å². The molecule has 0 amide bonds. The lowest BCUT2D eigenvalue weighted by atomic mass is 9.91. The summed E-state index contributed by atoms with van der Waals surface area (Å²) in [7, 11) is 1.46. The highest BCUT2D eigenvalue weighted by molar-refractivity contribution is 5.86. The zero-order valence-corrected chi connectivity index (χ0v) is 20.7. The van der Waals surface area contributed by atoms with Gasteiger partial charge in [0.1, 0.15) is 11.5 Å². The Morgan fingerprint density at radius 2 is 1.79 bits per heavy atom. The molecular weight excluding hydrogens is 501 g/mol. The van der Waals surface area contributed by atoms with Gasteiger partial charge in [-0.25, -0.2) is 9.59 Å². The molecule has 2 aliphatic rings. The smallest absolute Gasteiger partial charge is 0.490 e. The fourth-order valence-electron chi connectivity index (χ4n) is 5.22. The van der Waals surface area contributed by atoms with Crippen LogP contribution in [-0.2, 0) is 20.9 Å². The number of nitrogens with one attached hydrogen (secondary N) is 1. The van der Waals surface area contributed by atoms with Crippen molar-refractivity contribution in [1.29, 1.82) is 0 Å². The van der Waals surface area contributed by atoms with Crippen LogP contribution in [0.1, 0.15) is 30.0 Å². The number of esters is 2. The molecule has 1 N–H and O–H groups in total. The minimum Gasteiger partial charge on any atom is -0.497 e. The van der Waals surface area contributed by atoms with Crippen LogP contribution in [0.25, 0.3) is 10.8 Å². The maximum absolute atomic E-state index is 13.3. The Hall–Kier alpha value is -3.63. The third-order valence-corrected chi connectivity index (χ3v) is 7.04. The second-order valence-corrected chi connectivity index (χ2v) is 9.43. The number of piperidine rings is 1. The predicted molar refractivity (Wildman–Crippen MR) is 133 cm³/mol. The SMILES string of the molecule is COc1ccc2c(c1)C(N(Cc1ccc3ccccc3c1)C1CCNCC1)C(OC(=O)C(F)(F)F)C(=O)O2. The molecule has 200 valence electrons. The van der Waals surface area contributed by atoms with E-state index in [0.29, 0.717) is 43.8 Å². The van der Waals surface area contributed by atoms with Crippen LogP contribution in [0, 0.1) is 0 Å². The van der Waals surface area contributed by atoms with Crippen molar-refractivity contribution in [3.63, 3.8) is 0 Å². The number of nitrogens with zero attached hydrogens (tertiary/aromatic N) is 1. The largest absolute Gasteiger partial charge is 0.497 e. The lowest BCUT2D eigenvalue weighted by Gasteiger charge is -2.44. The number of methoxy groups -OCH3 is 1. The summed E-state index contributed by atoms with van der Waals surface area (Å²) < 4.78 is 55.3. The molecule has 7 nitrogen and oxygen atoms in total. The summed E-state index contributed by atoms with van der Waals surface area (Å²) in [4.78, 5) is 27.0. The molecule has 0 radical (unpaired) electrons. The van der Waals surface area contributed by atoms with Crippen LogP contribution in [0.5, 0.6) is 11.5 Å². The molecule has 1 saturated heterocycles. The van der Waals surface area contributed by atoms with Gasteiger partial charge >= 0.3 is 18.1 Å². The number of carbonyl (C=O) groups excluding carboxylic acids is 2. The number of hydrogen-bond acceptors (Lipinski definition) is 7. The maximum Gasteiger partial charge on any atom is 0.490 e. The average molecular weight is 529 g/mol. The summed E-state index contributed by atoms with van der Waals surface area (Å²) in [5, 5.41) is 5.37. The van der Waals surface area contributed by atoms with Crippen molar-refractivity contribution in [3.8, 4) is 11.5 Å². The van der Waals surface area contributed by atoms with Crippen molar-refractivity contribution in [2.45, 2.75) is 43.8 Å². The first-order valence-corrected chi connectivity index (χ1v) is 12.4. The molecule has 2 unspecified atom stereocenters. The van der Waals surface area contributed by atoms with Gasteiger partial charge in [0.05, 0.1) is 13.2 Å². The zero-order valence-electron chi connectivity index (χ0n) is 20.7. The van der Waals surface area contributed by atoms with Crippen LogP contribution in [0.15, 0.2) is 60.7 Å². The molecule has 0 bridgehead atoms.